The van der Waals surface area contributed by atoms with Crippen molar-refractivity contribution in [1.82, 2.24) is 4.90 Å². The predicted octanol–water partition coefficient (Wildman–Crippen LogP) is 0.930. The molecule has 0 aromatic rings. The first-order valence-electron chi connectivity index (χ1n) is 4.59. The van der Waals surface area contributed by atoms with Crippen LogP contribution in [0.25, 0.3) is 0 Å². The summed E-state index contributed by atoms with van der Waals surface area (Å²) in [5.74, 6) is -0.556. The molecule has 0 aliphatic carbocycles. The molecule has 78 valence electrons. The van der Waals surface area contributed by atoms with Gasteiger partial charge in [-0.25, -0.2) is 0 Å². The second-order valence-corrected chi connectivity index (χ2v) is 3.75. The number of nitrogens with zero attached hydrogens (tertiary/aromatic N) is 1. The van der Waals surface area contributed by atoms with Crippen LogP contribution in [0.15, 0.2) is 11.6 Å². The summed E-state index contributed by atoms with van der Waals surface area (Å²) in [4.78, 5) is 24.0. The molecule has 4 heteroatoms. The molecule has 1 aliphatic heterocycles. The third-order valence-electron chi connectivity index (χ3n) is 2.14. The molecule has 0 aromatic heterocycles. The highest BCUT2D eigenvalue weighted by molar-refractivity contribution is 5.95. The molecule has 1 rings (SSSR count). The van der Waals surface area contributed by atoms with E-state index in [0.717, 1.165) is 0 Å². The third-order valence-corrected chi connectivity index (χ3v) is 2.14. The lowest BCUT2D eigenvalue weighted by molar-refractivity contribution is -0.159. The lowest BCUT2D eigenvalue weighted by atomic mass is 10.2. The molecular weight excluding hydrogens is 182 g/mol. The minimum atomic E-state index is -0.530. The third kappa shape index (κ3) is 1.95. The van der Waals surface area contributed by atoms with Crippen molar-refractivity contribution in [2.24, 2.45) is 5.92 Å². The number of hydrogen-bond acceptors (Lipinski definition) is 3. The molecule has 4 nitrogen and oxygen atoms in total. The molecule has 0 fully saturated rings. The van der Waals surface area contributed by atoms with Gasteiger partial charge in [-0.2, -0.15) is 0 Å². The summed E-state index contributed by atoms with van der Waals surface area (Å²) in [5.41, 5.74) is 0.619. The summed E-state index contributed by atoms with van der Waals surface area (Å²) in [7, 11) is 1.62. The maximum absolute atomic E-state index is 11.3. The van der Waals surface area contributed by atoms with E-state index < -0.39 is 6.23 Å². The molecule has 0 N–H and O–H groups in total. The van der Waals surface area contributed by atoms with E-state index in [4.69, 9.17) is 4.74 Å². The van der Waals surface area contributed by atoms with E-state index in [1.807, 2.05) is 0 Å². The molecule has 1 unspecified atom stereocenters. The van der Waals surface area contributed by atoms with Crippen LogP contribution in [-0.4, -0.2) is 30.1 Å². The van der Waals surface area contributed by atoms with E-state index in [1.165, 1.54) is 4.90 Å². The average molecular weight is 197 g/mol. The smallest absolute Gasteiger partial charge is 0.310 e. The van der Waals surface area contributed by atoms with Crippen LogP contribution in [-0.2, 0) is 14.3 Å². The zero-order chi connectivity index (χ0) is 10.9. The van der Waals surface area contributed by atoms with E-state index in [1.54, 1.807) is 33.9 Å². The maximum atomic E-state index is 11.3. The van der Waals surface area contributed by atoms with Gasteiger partial charge in [0.05, 0.1) is 5.92 Å². The minimum Gasteiger partial charge on any atom is -0.437 e. The van der Waals surface area contributed by atoms with Gasteiger partial charge in [0.25, 0.3) is 5.91 Å². The number of carbonyl (C=O) groups excluding carboxylic acids is 2. The standard InChI is InChI=1S/C10H15NO3/c1-6(2)10(13)14-8-5-7(3)9(12)11(8)4/h5-6,8H,1-4H3. The summed E-state index contributed by atoms with van der Waals surface area (Å²) >= 11 is 0. The summed E-state index contributed by atoms with van der Waals surface area (Å²) in [6.07, 6.45) is 1.13. The number of amides is 1. The summed E-state index contributed by atoms with van der Waals surface area (Å²) in [6.45, 7) is 5.23. The van der Waals surface area contributed by atoms with Crippen LogP contribution in [0.5, 0.6) is 0 Å². The highest BCUT2D eigenvalue weighted by Gasteiger charge is 2.29. The van der Waals surface area contributed by atoms with Gasteiger partial charge in [0, 0.05) is 12.6 Å². The maximum Gasteiger partial charge on any atom is 0.310 e. The van der Waals surface area contributed by atoms with Crippen molar-refractivity contribution >= 4 is 11.9 Å². The Labute approximate surface area is 83.5 Å². The quantitative estimate of drug-likeness (QED) is 0.619. The van der Waals surface area contributed by atoms with E-state index in [0.29, 0.717) is 5.57 Å². The zero-order valence-corrected chi connectivity index (χ0v) is 8.90. The number of ether oxygens (including phenoxy) is 1. The van der Waals surface area contributed by atoms with Crippen molar-refractivity contribution in [3.05, 3.63) is 11.6 Å². The fourth-order valence-electron chi connectivity index (χ4n) is 1.16. The molecule has 0 spiro atoms. The highest BCUT2D eigenvalue weighted by atomic mass is 16.6. The van der Waals surface area contributed by atoms with Gasteiger partial charge in [0.1, 0.15) is 0 Å². The van der Waals surface area contributed by atoms with Gasteiger partial charge in [0.15, 0.2) is 6.23 Å². The lowest BCUT2D eigenvalue weighted by Crippen LogP contribution is -2.34. The molecule has 0 saturated carbocycles. The summed E-state index contributed by atoms with van der Waals surface area (Å²) in [6, 6.07) is 0. The average Bonchev–Trinajstić information content (AvgIpc) is 2.33. The van der Waals surface area contributed by atoms with Gasteiger partial charge in [-0.1, -0.05) is 13.8 Å². The van der Waals surface area contributed by atoms with Gasteiger partial charge in [-0.15, -0.1) is 0 Å². The molecule has 14 heavy (non-hydrogen) atoms. The second-order valence-electron chi connectivity index (χ2n) is 3.75. The highest BCUT2D eigenvalue weighted by Crippen LogP contribution is 2.17. The Hall–Kier alpha value is -1.32. The van der Waals surface area contributed by atoms with Crippen molar-refractivity contribution in [3.63, 3.8) is 0 Å². The molecule has 0 aromatic carbocycles. The van der Waals surface area contributed by atoms with E-state index >= 15 is 0 Å². The first-order chi connectivity index (χ1) is 6.43. The molecule has 0 saturated heterocycles. The van der Waals surface area contributed by atoms with Crippen molar-refractivity contribution in [2.75, 3.05) is 7.05 Å². The van der Waals surface area contributed by atoms with Crippen molar-refractivity contribution in [3.8, 4) is 0 Å². The number of rotatable bonds is 2. The Kier molecular flexibility index (Phi) is 2.93. The number of esters is 1. The van der Waals surface area contributed by atoms with Crippen molar-refractivity contribution in [1.29, 1.82) is 0 Å². The number of likely N-dealkylation sites (N-methyl/N-ethyl adjacent to an activating group) is 1. The molecule has 1 amide bonds. The molecule has 0 radical (unpaired) electrons. The van der Waals surface area contributed by atoms with Crippen LogP contribution < -0.4 is 0 Å². The van der Waals surface area contributed by atoms with Crippen LogP contribution in [0.1, 0.15) is 20.8 Å². The molecule has 1 atom stereocenters. The van der Waals surface area contributed by atoms with Crippen LogP contribution in [0.4, 0.5) is 0 Å². The predicted molar refractivity (Wildman–Crippen MR) is 51.2 cm³/mol. The fourth-order valence-corrected chi connectivity index (χ4v) is 1.16. The molecule has 0 bridgehead atoms. The fraction of sp³-hybridized carbons (Fsp3) is 0.600. The zero-order valence-electron chi connectivity index (χ0n) is 8.90. The van der Waals surface area contributed by atoms with Crippen LogP contribution in [0.3, 0.4) is 0 Å². The Morgan fingerprint density at radius 2 is 2.14 bits per heavy atom. The number of carbonyl (C=O) groups is 2. The minimum absolute atomic E-state index is 0.0912. The lowest BCUT2D eigenvalue weighted by Gasteiger charge is -2.20. The topological polar surface area (TPSA) is 46.6 Å². The van der Waals surface area contributed by atoms with Gasteiger partial charge in [0.2, 0.25) is 0 Å². The molecule has 1 heterocycles. The first-order valence-corrected chi connectivity index (χ1v) is 4.59. The normalized spacial score (nSPS) is 21.5. The Morgan fingerprint density at radius 1 is 1.57 bits per heavy atom. The van der Waals surface area contributed by atoms with Crippen LogP contribution in [0, 0.1) is 5.92 Å². The van der Waals surface area contributed by atoms with Crippen molar-refractivity contribution in [2.45, 2.75) is 27.0 Å². The van der Waals surface area contributed by atoms with Gasteiger partial charge in [-0.3, -0.25) is 9.59 Å². The van der Waals surface area contributed by atoms with E-state index in [9.17, 15) is 9.59 Å². The van der Waals surface area contributed by atoms with Gasteiger partial charge in [-0.05, 0) is 13.0 Å². The monoisotopic (exact) mass is 197 g/mol. The largest absolute Gasteiger partial charge is 0.437 e. The van der Waals surface area contributed by atoms with Crippen molar-refractivity contribution < 1.29 is 14.3 Å². The Morgan fingerprint density at radius 3 is 2.50 bits per heavy atom. The van der Waals surface area contributed by atoms with Gasteiger partial charge < -0.3 is 9.64 Å². The summed E-state index contributed by atoms with van der Waals surface area (Å²) in [5, 5.41) is 0. The summed E-state index contributed by atoms with van der Waals surface area (Å²) < 4.78 is 5.12. The SMILES string of the molecule is CC1=CC(OC(=O)C(C)C)N(C)C1=O. The van der Waals surface area contributed by atoms with Gasteiger partial charge >= 0.3 is 5.97 Å². The molecule has 1 aliphatic rings. The second kappa shape index (κ2) is 3.82. The Balaban J connectivity index is 2.64. The molecular formula is C10H15NO3. The number of hydrogen-bond donors (Lipinski definition) is 0. The first kappa shape index (κ1) is 10.8. The van der Waals surface area contributed by atoms with E-state index in [2.05, 4.69) is 0 Å². The van der Waals surface area contributed by atoms with E-state index in [-0.39, 0.29) is 17.8 Å². The van der Waals surface area contributed by atoms with Crippen LogP contribution in [0.2, 0.25) is 0 Å². The van der Waals surface area contributed by atoms with Crippen LogP contribution >= 0.6 is 0 Å². The Bertz CT molecular complexity index is 294.